The third-order valence-corrected chi connectivity index (χ3v) is 4.53. The summed E-state index contributed by atoms with van der Waals surface area (Å²) in [5.74, 6) is 0.256. The van der Waals surface area contributed by atoms with E-state index in [1.807, 2.05) is 35.8 Å². The molecular weight excluding hydrogens is 348 g/mol. The van der Waals surface area contributed by atoms with E-state index in [0.29, 0.717) is 11.0 Å². The minimum atomic E-state index is 0.256. The van der Waals surface area contributed by atoms with Crippen LogP contribution in [0.1, 0.15) is 5.56 Å². The van der Waals surface area contributed by atoms with Crippen LogP contribution in [0.3, 0.4) is 0 Å². The molecule has 0 aliphatic heterocycles. The maximum atomic E-state index is 9.48. The van der Waals surface area contributed by atoms with Crippen molar-refractivity contribution in [3.63, 3.8) is 0 Å². The average molecular weight is 361 g/mol. The number of rotatable bonds is 4. The van der Waals surface area contributed by atoms with Gasteiger partial charge in [0.2, 0.25) is 0 Å². The number of benzene rings is 2. The van der Waals surface area contributed by atoms with Gasteiger partial charge in [-0.05, 0) is 57.9 Å². The van der Waals surface area contributed by atoms with Crippen molar-refractivity contribution in [1.82, 2.24) is 4.98 Å². The number of aromatic nitrogens is 1. The smallest absolute Gasteiger partial charge is 0.129 e. The SMILES string of the molecule is Oc1ccc(CNc2ccc(-c3nccs3)cc2)cc1Br. The average Bonchev–Trinajstić information content (AvgIpc) is 3.03. The van der Waals surface area contributed by atoms with Crippen LogP contribution >= 0.6 is 27.3 Å². The quantitative estimate of drug-likeness (QED) is 0.695. The number of nitrogens with one attached hydrogen (secondary N) is 1. The molecule has 0 atom stereocenters. The van der Waals surface area contributed by atoms with E-state index in [4.69, 9.17) is 0 Å². The molecule has 0 fully saturated rings. The minimum Gasteiger partial charge on any atom is -0.507 e. The summed E-state index contributed by atoms with van der Waals surface area (Å²) >= 11 is 4.95. The van der Waals surface area contributed by atoms with Gasteiger partial charge in [-0.1, -0.05) is 6.07 Å². The highest BCUT2D eigenvalue weighted by atomic mass is 79.9. The van der Waals surface area contributed by atoms with Crippen molar-refractivity contribution in [2.75, 3.05) is 5.32 Å². The summed E-state index contributed by atoms with van der Waals surface area (Å²) in [6.07, 6.45) is 1.81. The molecule has 0 aliphatic rings. The molecule has 0 unspecified atom stereocenters. The molecule has 3 nitrogen and oxygen atoms in total. The van der Waals surface area contributed by atoms with E-state index in [0.717, 1.165) is 21.8 Å². The van der Waals surface area contributed by atoms with Crippen LogP contribution in [0.4, 0.5) is 5.69 Å². The minimum absolute atomic E-state index is 0.256. The third kappa shape index (κ3) is 3.43. The molecule has 106 valence electrons. The molecular formula is C16H13BrN2OS. The van der Waals surface area contributed by atoms with E-state index in [9.17, 15) is 5.11 Å². The van der Waals surface area contributed by atoms with Crippen LogP contribution in [-0.4, -0.2) is 10.1 Å². The topological polar surface area (TPSA) is 45.1 Å². The lowest BCUT2D eigenvalue weighted by atomic mass is 10.2. The zero-order valence-corrected chi connectivity index (χ0v) is 13.5. The van der Waals surface area contributed by atoms with Gasteiger partial charge in [0.05, 0.1) is 4.47 Å². The Morgan fingerprint density at radius 3 is 2.62 bits per heavy atom. The van der Waals surface area contributed by atoms with Crippen LogP contribution in [0.5, 0.6) is 5.75 Å². The fraction of sp³-hybridized carbons (Fsp3) is 0.0625. The van der Waals surface area contributed by atoms with Gasteiger partial charge in [0.25, 0.3) is 0 Å². The lowest BCUT2D eigenvalue weighted by Crippen LogP contribution is -1.99. The Balaban J connectivity index is 1.66. The van der Waals surface area contributed by atoms with Gasteiger partial charge in [-0.15, -0.1) is 11.3 Å². The molecule has 0 bridgehead atoms. The standard InChI is InChI=1S/C16H13BrN2OS/c17-14-9-11(1-6-15(14)20)10-19-13-4-2-12(3-5-13)16-18-7-8-21-16/h1-9,19-20H,10H2. The molecule has 3 rings (SSSR count). The first-order valence-corrected chi connectivity index (χ1v) is 8.11. The Morgan fingerprint density at radius 1 is 1.14 bits per heavy atom. The molecule has 1 heterocycles. The van der Waals surface area contributed by atoms with Crippen LogP contribution in [0.15, 0.2) is 58.5 Å². The molecule has 5 heteroatoms. The van der Waals surface area contributed by atoms with Crippen molar-refractivity contribution in [3.8, 4) is 16.3 Å². The van der Waals surface area contributed by atoms with E-state index in [1.165, 1.54) is 0 Å². The number of hydrogen-bond acceptors (Lipinski definition) is 4. The predicted octanol–water partition coefficient (Wildman–Crippen LogP) is 4.89. The zero-order chi connectivity index (χ0) is 14.7. The summed E-state index contributed by atoms with van der Waals surface area (Å²) in [7, 11) is 0. The highest BCUT2D eigenvalue weighted by Crippen LogP contribution is 2.26. The van der Waals surface area contributed by atoms with Crippen molar-refractivity contribution in [2.24, 2.45) is 0 Å². The Labute approximate surface area is 135 Å². The molecule has 2 aromatic carbocycles. The van der Waals surface area contributed by atoms with Gasteiger partial charge in [-0.2, -0.15) is 0 Å². The molecule has 0 saturated carbocycles. The maximum absolute atomic E-state index is 9.48. The predicted molar refractivity (Wildman–Crippen MR) is 90.7 cm³/mol. The summed E-state index contributed by atoms with van der Waals surface area (Å²) in [4.78, 5) is 4.30. The second-order valence-corrected chi connectivity index (χ2v) is 6.30. The van der Waals surface area contributed by atoms with Crippen LogP contribution < -0.4 is 5.32 Å². The van der Waals surface area contributed by atoms with Crippen molar-refractivity contribution in [1.29, 1.82) is 0 Å². The van der Waals surface area contributed by atoms with Gasteiger partial charge in [-0.3, -0.25) is 0 Å². The van der Waals surface area contributed by atoms with Crippen LogP contribution in [-0.2, 0) is 6.54 Å². The molecule has 3 aromatic rings. The van der Waals surface area contributed by atoms with E-state index in [1.54, 1.807) is 17.4 Å². The van der Waals surface area contributed by atoms with Crippen LogP contribution in [0, 0.1) is 0 Å². The van der Waals surface area contributed by atoms with Gasteiger partial charge < -0.3 is 10.4 Å². The zero-order valence-electron chi connectivity index (χ0n) is 11.1. The molecule has 2 N–H and O–H groups in total. The molecule has 0 saturated heterocycles. The van der Waals surface area contributed by atoms with Gasteiger partial charge >= 0.3 is 0 Å². The van der Waals surface area contributed by atoms with Gasteiger partial charge in [0.15, 0.2) is 0 Å². The monoisotopic (exact) mass is 360 g/mol. The van der Waals surface area contributed by atoms with E-state index in [2.05, 4.69) is 38.4 Å². The summed E-state index contributed by atoms with van der Waals surface area (Å²) in [6.45, 7) is 0.704. The number of aromatic hydroxyl groups is 1. The molecule has 1 aromatic heterocycles. The largest absolute Gasteiger partial charge is 0.507 e. The summed E-state index contributed by atoms with van der Waals surface area (Å²) in [6, 6.07) is 13.7. The number of phenolic OH excluding ortho intramolecular Hbond substituents is 1. The van der Waals surface area contributed by atoms with Gasteiger partial charge in [0.1, 0.15) is 10.8 Å². The van der Waals surface area contributed by atoms with E-state index in [-0.39, 0.29) is 5.75 Å². The first kappa shape index (κ1) is 14.1. The molecule has 0 amide bonds. The van der Waals surface area contributed by atoms with E-state index >= 15 is 0 Å². The number of halogens is 1. The lowest BCUT2D eigenvalue weighted by Gasteiger charge is -2.08. The summed E-state index contributed by atoms with van der Waals surface area (Å²) in [5, 5.41) is 15.8. The first-order chi connectivity index (χ1) is 10.2. The number of phenols is 1. The highest BCUT2D eigenvalue weighted by molar-refractivity contribution is 9.10. The molecule has 0 radical (unpaired) electrons. The highest BCUT2D eigenvalue weighted by Gasteiger charge is 2.02. The number of anilines is 1. The van der Waals surface area contributed by atoms with Crippen LogP contribution in [0.2, 0.25) is 0 Å². The van der Waals surface area contributed by atoms with Crippen molar-refractivity contribution in [2.45, 2.75) is 6.54 Å². The van der Waals surface area contributed by atoms with Crippen molar-refractivity contribution in [3.05, 3.63) is 64.1 Å². The third-order valence-electron chi connectivity index (χ3n) is 3.07. The lowest BCUT2D eigenvalue weighted by molar-refractivity contribution is 0.471. The molecule has 0 spiro atoms. The van der Waals surface area contributed by atoms with E-state index < -0.39 is 0 Å². The summed E-state index contributed by atoms with van der Waals surface area (Å²) < 4.78 is 0.709. The summed E-state index contributed by atoms with van der Waals surface area (Å²) in [5.41, 5.74) is 3.28. The second-order valence-electron chi connectivity index (χ2n) is 4.55. The fourth-order valence-corrected chi connectivity index (χ4v) is 3.03. The Kier molecular flexibility index (Phi) is 4.22. The maximum Gasteiger partial charge on any atom is 0.129 e. The molecule has 21 heavy (non-hydrogen) atoms. The fourth-order valence-electron chi connectivity index (χ4n) is 1.96. The van der Waals surface area contributed by atoms with Gasteiger partial charge in [0, 0.05) is 29.4 Å². The Hall–Kier alpha value is -1.85. The number of hydrogen-bond donors (Lipinski definition) is 2. The normalized spacial score (nSPS) is 10.5. The first-order valence-electron chi connectivity index (χ1n) is 6.43. The second kappa shape index (κ2) is 6.28. The number of nitrogens with zero attached hydrogens (tertiary/aromatic N) is 1. The van der Waals surface area contributed by atoms with Gasteiger partial charge in [-0.25, -0.2) is 4.98 Å². The van der Waals surface area contributed by atoms with Crippen LogP contribution in [0.25, 0.3) is 10.6 Å². The Morgan fingerprint density at radius 2 is 1.95 bits per heavy atom. The molecule has 0 aliphatic carbocycles. The number of thiazole rings is 1. The van der Waals surface area contributed by atoms with Crippen molar-refractivity contribution < 1.29 is 5.11 Å². The van der Waals surface area contributed by atoms with Crippen molar-refractivity contribution >= 4 is 33.0 Å². The Bertz CT molecular complexity index is 727.